The zero-order valence-electron chi connectivity index (χ0n) is 24.7. The molecule has 204 valence electrons. The van der Waals surface area contributed by atoms with Crippen LogP contribution in [0.25, 0.3) is 5.57 Å². The van der Waals surface area contributed by atoms with Crippen LogP contribution in [0.15, 0.2) is 78.3 Å². The van der Waals surface area contributed by atoms with Gasteiger partial charge in [0.15, 0.2) is 5.78 Å². The number of aliphatic imine (C=N–C) groups is 1. The normalized spacial score (nSPS) is 11.9. The topological polar surface area (TPSA) is 29.4 Å². The van der Waals surface area contributed by atoms with Crippen LogP contribution in [0.4, 0.5) is 4.39 Å². The molecule has 0 heterocycles. The predicted octanol–water partition coefficient (Wildman–Crippen LogP) is 10.3. The minimum atomic E-state index is -1.38. The summed E-state index contributed by atoms with van der Waals surface area (Å²) in [6, 6.07) is 17.3. The number of nitrogens with zero attached hydrogens (tertiary/aromatic N) is 1. The Morgan fingerprint density at radius 3 is 1.84 bits per heavy atom. The van der Waals surface area contributed by atoms with Crippen molar-refractivity contribution in [2.24, 2.45) is 10.9 Å². The molecule has 2 rings (SSSR count). The van der Waals surface area contributed by atoms with E-state index in [9.17, 15) is 9.18 Å². The summed E-state index contributed by atoms with van der Waals surface area (Å²) in [5.74, 6) is 1.08. The molecule has 1 atom stereocenters. The fourth-order valence-electron chi connectivity index (χ4n) is 3.11. The van der Waals surface area contributed by atoms with Gasteiger partial charge in [-0.15, -0.1) is 0 Å². The van der Waals surface area contributed by atoms with Crippen LogP contribution in [0.1, 0.15) is 109 Å². The second-order valence-corrected chi connectivity index (χ2v) is 10.3. The number of ketones is 1. The van der Waals surface area contributed by atoms with Crippen LogP contribution in [-0.2, 0) is 0 Å². The maximum absolute atomic E-state index is 13.6. The molecule has 2 aromatic rings. The van der Waals surface area contributed by atoms with E-state index in [-0.39, 0.29) is 5.78 Å². The number of halogens is 1. The van der Waals surface area contributed by atoms with Gasteiger partial charge in [0.2, 0.25) is 0 Å². The number of hydrogen-bond acceptors (Lipinski definition) is 2. The first-order valence-electron chi connectivity index (χ1n) is 13.5. The molecule has 0 N–H and O–H groups in total. The monoisotopic (exact) mass is 507 g/mol. The Kier molecular flexibility index (Phi) is 17.0. The standard InChI is InChI=1S/C17H22FN.C9H20.C8H8O/c1-12(2)15-7-9-16(10-8-15)14(4)19-11-13(3)17(5,6)18;1-4-6-7-8-9(3)5-2;1-7(9)8-5-3-2-4-6-8/h7-10H,1,3,11H2,2,4-6H3;9H,4-8H2,1-3H3;2-6H,1H3/t;9-;/m.0./s1. The number of rotatable bonds is 11. The Morgan fingerprint density at radius 1 is 0.892 bits per heavy atom. The molecular formula is C34H50FNO. The molecule has 0 radical (unpaired) electrons. The number of carbonyl (C=O) groups excluding carboxylic acids is 1. The molecule has 0 saturated carbocycles. The molecule has 0 fully saturated rings. The molecule has 0 aliphatic heterocycles. The summed E-state index contributed by atoms with van der Waals surface area (Å²) >= 11 is 0. The van der Waals surface area contributed by atoms with E-state index in [1.807, 2.05) is 68.4 Å². The number of unbranched alkanes of at least 4 members (excludes halogenated alkanes) is 2. The van der Waals surface area contributed by atoms with Gasteiger partial charge in [0, 0.05) is 11.3 Å². The van der Waals surface area contributed by atoms with Crippen LogP contribution < -0.4 is 0 Å². The van der Waals surface area contributed by atoms with Gasteiger partial charge in [0.25, 0.3) is 0 Å². The zero-order valence-corrected chi connectivity index (χ0v) is 24.7. The van der Waals surface area contributed by atoms with E-state index in [4.69, 9.17) is 0 Å². The largest absolute Gasteiger partial charge is 0.295 e. The molecule has 0 aliphatic carbocycles. The predicted molar refractivity (Wildman–Crippen MR) is 163 cm³/mol. The van der Waals surface area contributed by atoms with E-state index < -0.39 is 5.67 Å². The highest BCUT2D eigenvalue weighted by Crippen LogP contribution is 2.19. The Labute approximate surface area is 226 Å². The lowest BCUT2D eigenvalue weighted by Gasteiger charge is -2.15. The highest BCUT2D eigenvalue weighted by atomic mass is 19.1. The third-order valence-corrected chi connectivity index (χ3v) is 6.32. The molecule has 2 aromatic carbocycles. The molecule has 0 spiro atoms. The summed E-state index contributed by atoms with van der Waals surface area (Å²) in [6.07, 6.45) is 7.00. The summed E-state index contributed by atoms with van der Waals surface area (Å²) in [6.45, 7) is 23.3. The van der Waals surface area contributed by atoms with Crippen molar-refractivity contribution >= 4 is 17.1 Å². The van der Waals surface area contributed by atoms with Crippen LogP contribution in [0.5, 0.6) is 0 Å². The van der Waals surface area contributed by atoms with E-state index in [0.29, 0.717) is 12.1 Å². The third-order valence-electron chi connectivity index (χ3n) is 6.32. The lowest BCUT2D eigenvalue weighted by atomic mass is 10.0. The Morgan fingerprint density at radius 2 is 1.43 bits per heavy atom. The Hall–Kier alpha value is -2.81. The highest BCUT2D eigenvalue weighted by Gasteiger charge is 2.19. The molecule has 2 nitrogen and oxygen atoms in total. The van der Waals surface area contributed by atoms with E-state index in [2.05, 4.69) is 38.9 Å². The Balaban J connectivity index is 0.000000599. The van der Waals surface area contributed by atoms with Crippen molar-refractivity contribution in [2.75, 3.05) is 6.54 Å². The van der Waals surface area contributed by atoms with Gasteiger partial charge in [-0.05, 0) is 57.2 Å². The van der Waals surface area contributed by atoms with Gasteiger partial charge >= 0.3 is 0 Å². The number of alkyl halides is 1. The third kappa shape index (κ3) is 15.8. The summed E-state index contributed by atoms with van der Waals surface area (Å²) < 4.78 is 13.6. The van der Waals surface area contributed by atoms with Crippen LogP contribution in [0.3, 0.4) is 0 Å². The molecule has 0 unspecified atom stereocenters. The molecule has 0 saturated heterocycles. The van der Waals surface area contributed by atoms with Crippen LogP contribution >= 0.6 is 0 Å². The summed E-state index contributed by atoms with van der Waals surface area (Å²) in [4.78, 5) is 15.0. The number of hydrogen-bond donors (Lipinski definition) is 0. The van der Waals surface area contributed by atoms with E-state index in [1.165, 1.54) is 46.0 Å². The quantitative estimate of drug-likeness (QED) is 0.129. The fourth-order valence-corrected chi connectivity index (χ4v) is 3.11. The van der Waals surface area contributed by atoms with Gasteiger partial charge in [-0.1, -0.05) is 126 Å². The molecule has 0 amide bonds. The fraction of sp³-hybridized carbons (Fsp3) is 0.471. The van der Waals surface area contributed by atoms with Crippen LogP contribution in [0.2, 0.25) is 0 Å². The summed E-state index contributed by atoms with van der Waals surface area (Å²) in [5.41, 5.74) is 3.96. The molecular weight excluding hydrogens is 457 g/mol. The van der Waals surface area contributed by atoms with Crippen molar-refractivity contribution in [3.8, 4) is 0 Å². The van der Waals surface area contributed by atoms with Crippen molar-refractivity contribution in [1.29, 1.82) is 0 Å². The van der Waals surface area contributed by atoms with E-state index in [0.717, 1.165) is 33.9 Å². The van der Waals surface area contributed by atoms with Gasteiger partial charge in [0.05, 0.1) is 6.54 Å². The van der Waals surface area contributed by atoms with Crippen molar-refractivity contribution in [3.63, 3.8) is 0 Å². The van der Waals surface area contributed by atoms with Gasteiger partial charge in [0.1, 0.15) is 5.67 Å². The first kappa shape index (κ1) is 34.2. The van der Waals surface area contributed by atoms with E-state index in [1.54, 1.807) is 6.92 Å². The number of allylic oxidation sites excluding steroid dienone is 1. The molecule has 0 aromatic heterocycles. The van der Waals surface area contributed by atoms with Crippen molar-refractivity contribution < 1.29 is 9.18 Å². The molecule has 3 heteroatoms. The first-order chi connectivity index (χ1) is 17.3. The molecule has 0 bridgehead atoms. The molecule has 0 aliphatic rings. The van der Waals surface area contributed by atoms with E-state index >= 15 is 0 Å². The molecule has 37 heavy (non-hydrogen) atoms. The maximum atomic E-state index is 13.6. The number of benzene rings is 2. The first-order valence-corrected chi connectivity index (χ1v) is 13.5. The van der Waals surface area contributed by atoms with Gasteiger partial charge in [-0.25, -0.2) is 4.39 Å². The van der Waals surface area contributed by atoms with Gasteiger partial charge in [-0.2, -0.15) is 0 Å². The van der Waals surface area contributed by atoms with Gasteiger partial charge in [-0.3, -0.25) is 9.79 Å². The number of carbonyl (C=O) groups is 1. The average Bonchev–Trinajstić information content (AvgIpc) is 2.87. The zero-order chi connectivity index (χ0) is 28.4. The Bertz CT molecular complexity index is 965. The summed E-state index contributed by atoms with van der Waals surface area (Å²) in [5, 5.41) is 0. The van der Waals surface area contributed by atoms with Crippen LogP contribution in [0, 0.1) is 5.92 Å². The SMILES string of the molecule is C=C(C)c1ccc(C(C)=NCC(=C)C(C)(C)F)cc1.CC(=O)c1ccccc1.CCCCC[C@@H](C)CC. The van der Waals surface area contributed by atoms with Crippen molar-refractivity contribution in [1.82, 2.24) is 0 Å². The lowest BCUT2D eigenvalue weighted by molar-refractivity contribution is 0.101. The lowest BCUT2D eigenvalue weighted by Crippen LogP contribution is -2.17. The minimum absolute atomic E-state index is 0.121. The second-order valence-electron chi connectivity index (χ2n) is 10.3. The number of Topliss-reactive ketones (excluding diaryl/α,β-unsaturated/α-hetero) is 1. The van der Waals surface area contributed by atoms with Crippen molar-refractivity contribution in [3.05, 3.63) is 90.0 Å². The second kappa shape index (κ2) is 18.4. The van der Waals surface area contributed by atoms with Gasteiger partial charge < -0.3 is 0 Å². The summed E-state index contributed by atoms with van der Waals surface area (Å²) in [7, 11) is 0. The average molecular weight is 508 g/mol. The smallest absolute Gasteiger partial charge is 0.159 e. The van der Waals surface area contributed by atoms with Crippen molar-refractivity contribution in [2.45, 2.75) is 93.2 Å². The minimum Gasteiger partial charge on any atom is -0.295 e. The maximum Gasteiger partial charge on any atom is 0.159 e. The highest BCUT2D eigenvalue weighted by molar-refractivity contribution is 5.99. The van der Waals surface area contributed by atoms with Crippen LogP contribution in [-0.4, -0.2) is 23.7 Å².